The normalized spacial score (nSPS) is 18.6. The second kappa shape index (κ2) is 6.04. The fourth-order valence-corrected chi connectivity index (χ4v) is 2.29. The fourth-order valence-electron chi connectivity index (χ4n) is 2.12. The van der Waals surface area contributed by atoms with Crippen molar-refractivity contribution < 1.29 is 32.6 Å². The molecule has 1 amide bonds. The number of carboxylic acid groups (broad SMARTS) is 1. The second-order valence-corrected chi connectivity index (χ2v) is 5.12. The van der Waals surface area contributed by atoms with Crippen LogP contribution in [0.4, 0.5) is 13.2 Å². The van der Waals surface area contributed by atoms with E-state index in [0.717, 1.165) is 11.0 Å². The summed E-state index contributed by atoms with van der Waals surface area (Å²) in [5.74, 6) is -2.35. The minimum Gasteiger partial charge on any atom is -0.480 e. The molecule has 1 atom stereocenters. The van der Waals surface area contributed by atoms with E-state index in [-0.39, 0.29) is 18.0 Å². The van der Waals surface area contributed by atoms with Crippen molar-refractivity contribution in [3.63, 3.8) is 0 Å². The first-order valence-electron chi connectivity index (χ1n) is 6.22. The van der Waals surface area contributed by atoms with E-state index in [9.17, 15) is 22.8 Å². The smallest absolute Gasteiger partial charge is 0.420 e. The van der Waals surface area contributed by atoms with E-state index in [1.165, 1.54) is 6.07 Å². The number of nitrogens with zero attached hydrogens (tertiary/aromatic N) is 1. The molecule has 2 rings (SSSR count). The predicted molar refractivity (Wildman–Crippen MR) is 69.7 cm³/mol. The Morgan fingerprint density at radius 1 is 1.45 bits per heavy atom. The average molecular weight is 338 g/mol. The lowest BCUT2D eigenvalue weighted by Gasteiger charge is -2.18. The van der Waals surface area contributed by atoms with Crippen LogP contribution < -0.4 is 4.74 Å². The molecule has 22 heavy (non-hydrogen) atoms. The first-order chi connectivity index (χ1) is 10.2. The van der Waals surface area contributed by atoms with Gasteiger partial charge in [-0.2, -0.15) is 13.2 Å². The monoisotopic (exact) mass is 337 g/mol. The van der Waals surface area contributed by atoms with E-state index in [1.807, 2.05) is 0 Å². The summed E-state index contributed by atoms with van der Waals surface area (Å²) in [6.45, 7) is -0.393. The zero-order valence-electron chi connectivity index (χ0n) is 11.1. The molecular formula is C13H11ClF3NO4. The number of ether oxygens (including phenoxy) is 1. The largest absolute Gasteiger partial charge is 0.480 e. The first-order valence-corrected chi connectivity index (χ1v) is 6.60. The van der Waals surface area contributed by atoms with E-state index in [4.69, 9.17) is 21.4 Å². The van der Waals surface area contributed by atoms with Gasteiger partial charge in [0.1, 0.15) is 12.3 Å². The molecular weight excluding hydrogens is 327 g/mol. The third-order valence-corrected chi connectivity index (χ3v) is 3.33. The zero-order valence-corrected chi connectivity index (χ0v) is 11.8. The second-order valence-electron chi connectivity index (χ2n) is 4.69. The molecule has 1 aromatic carbocycles. The van der Waals surface area contributed by atoms with Gasteiger partial charge in [0.25, 0.3) is 5.91 Å². The minimum absolute atomic E-state index is 0.107. The fraction of sp³-hybridized carbons (Fsp3) is 0.385. The Bertz CT molecular complexity index is 605. The van der Waals surface area contributed by atoms with Crippen molar-refractivity contribution in [1.29, 1.82) is 0 Å². The number of halogens is 4. The van der Waals surface area contributed by atoms with Gasteiger partial charge in [-0.3, -0.25) is 9.59 Å². The maximum atomic E-state index is 12.9. The third kappa shape index (κ3) is 3.62. The van der Waals surface area contributed by atoms with Gasteiger partial charge in [0.15, 0.2) is 6.10 Å². The summed E-state index contributed by atoms with van der Waals surface area (Å²) in [5.41, 5.74) is -1.08. The molecule has 0 aromatic heterocycles. The highest BCUT2D eigenvalue weighted by atomic mass is 35.5. The highest BCUT2D eigenvalue weighted by Crippen LogP contribution is 2.38. The lowest BCUT2D eigenvalue weighted by atomic mass is 10.2. The molecule has 9 heteroatoms. The number of amides is 1. The molecule has 0 bridgehead atoms. The Hall–Kier alpha value is -1.96. The van der Waals surface area contributed by atoms with Gasteiger partial charge < -0.3 is 14.7 Å². The minimum atomic E-state index is -4.68. The van der Waals surface area contributed by atoms with Crippen LogP contribution in [0.25, 0.3) is 0 Å². The molecule has 1 fully saturated rings. The quantitative estimate of drug-likeness (QED) is 0.916. The summed E-state index contributed by atoms with van der Waals surface area (Å²) in [6, 6.07) is 2.98. The molecule has 5 nitrogen and oxygen atoms in total. The van der Waals surface area contributed by atoms with E-state index in [0.29, 0.717) is 6.07 Å². The van der Waals surface area contributed by atoms with Crippen molar-refractivity contribution in [2.45, 2.75) is 18.7 Å². The Balaban J connectivity index is 2.18. The molecule has 1 N–H and O–H groups in total. The summed E-state index contributed by atoms with van der Waals surface area (Å²) in [6.07, 6.45) is -5.70. The highest BCUT2D eigenvalue weighted by Gasteiger charge is 2.38. The van der Waals surface area contributed by atoms with E-state index in [2.05, 4.69) is 0 Å². The lowest BCUT2D eigenvalue weighted by Crippen LogP contribution is -2.36. The van der Waals surface area contributed by atoms with Crippen LogP contribution in [0, 0.1) is 0 Å². The van der Waals surface area contributed by atoms with Crippen LogP contribution in [-0.2, 0) is 15.8 Å². The van der Waals surface area contributed by atoms with Crippen LogP contribution >= 0.6 is 11.6 Å². The van der Waals surface area contributed by atoms with Gasteiger partial charge in [-0.05, 0) is 18.2 Å². The van der Waals surface area contributed by atoms with Gasteiger partial charge in [-0.15, -0.1) is 0 Å². The van der Waals surface area contributed by atoms with Crippen molar-refractivity contribution in [2.75, 3.05) is 13.1 Å². The van der Waals surface area contributed by atoms with E-state index in [1.54, 1.807) is 0 Å². The number of benzene rings is 1. The van der Waals surface area contributed by atoms with Crippen molar-refractivity contribution in [2.24, 2.45) is 0 Å². The summed E-state index contributed by atoms with van der Waals surface area (Å²) >= 11 is 5.55. The van der Waals surface area contributed by atoms with Gasteiger partial charge in [-0.1, -0.05) is 11.6 Å². The van der Waals surface area contributed by atoms with Crippen molar-refractivity contribution >= 4 is 23.5 Å². The summed E-state index contributed by atoms with van der Waals surface area (Å²) < 4.78 is 44.0. The van der Waals surface area contributed by atoms with Gasteiger partial charge >= 0.3 is 12.1 Å². The lowest BCUT2D eigenvalue weighted by molar-refractivity contribution is -0.145. The number of carbonyl (C=O) groups is 2. The van der Waals surface area contributed by atoms with Crippen LogP contribution in [0.1, 0.15) is 12.0 Å². The van der Waals surface area contributed by atoms with Crippen LogP contribution in [0.15, 0.2) is 18.2 Å². The molecule has 0 radical (unpaired) electrons. The van der Waals surface area contributed by atoms with Gasteiger partial charge in [0.05, 0.1) is 5.56 Å². The van der Waals surface area contributed by atoms with Crippen LogP contribution in [0.2, 0.25) is 5.02 Å². The summed E-state index contributed by atoms with van der Waals surface area (Å²) in [7, 11) is 0. The highest BCUT2D eigenvalue weighted by molar-refractivity contribution is 6.30. The number of aliphatic carboxylic acids is 1. The van der Waals surface area contributed by atoms with Gasteiger partial charge in [-0.25, -0.2) is 0 Å². The number of carboxylic acids is 1. The SMILES string of the molecule is O=C(O)CN1CCC(Oc2ccc(Cl)cc2C(F)(F)F)C1=O. The number of rotatable bonds is 4. The van der Waals surface area contributed by atoms with Crippen molar-refractivity contribution in [1.82, 2.24) is 4.90 Å². The van der Waals surface area contributed by atoms with Crippen LogP contribution in [0.5, 0.6) is 5.75 Å². The third-order valence-electron chi connectivity index (χ3n) is 3.09. The molecule has 1 aromatic rings. The molecule has 1 heterocycles. The Labute approximate surface area is 128 Å². The number of alkyl halides is 3. The molecule has 0 saturated carbocycles. The molecule has 1 aliphatic rings. The topological polar surface area (TPSA) is 66.8 Å². The maximum Gasteiger partial charge on any atom is 0.420 e. The Morgan fingerprint density at radius 3 is 2.73 bits per heavy atom. The first kappa shape index (κ1) is 16.4. The number of carbonyl (C=O) groups excluding carboxylic acids is 1. The van der Waals surface area contributed by atoms with Crippen molar-refractivity contribution in [3.8, 4) is 5.75 Å². The number of hydrogen-bond donors (Lipinski definition) is 1. The van der Waals surface area contributed by atoms with Crippen LogP contribution in [0.3, 0.4) is 0 Å². The molecule has 1 saturated heterocycles. The van der Waals surface area contributed by atoms with Crippen molar-refractivity contribution in [3.05, 3.63) is 28.8 Å². The number of likely N-dealkylation sites (tertiary alicyclic amines) is 1. The standard InChI is InChI=1S/C13H11ClF3NO4/c14-7-1-2-9(8(5-7)13(15,16)17)22-10-3-4-18(12(10)21)6-11(19)20/h1-2,5,10H,3-4,6H2,(H,19,20). The van der Waals surface area contributed by atoms with Gasteiger partial charge in [0, 0.05) is 18.0 Å². The zero-order chi connectivity index (χ0) is 16.5. The van der Waals surface area contributed by atoms with E-state index >= 15 is 0 Å². The summed E-state index contributed by atoms with van der Waals surface area (Å²) in [4.78, 5) is 23.5. The molecule has 0 spiro atoms. The molecule has 1 unspecified atom stereocenters. The predicted octanol–water partition coefficient (Wildman–Crippen LogP) is 2.42. The average Bonchev–Trinajstić information content (AvgIpc) is 2.72. The number of hydrogen-bond acceptors (Lipinski definition) is 3. The van der Waals surface area contributed by atoms with E-state index < -0.39 is 42.0 Å². The molecule has 120 valence electrons. The Kier molecular flexibility index (Phi) is 4.50. The van der Waals surface area contributed by atoms with Gasteiger partial charge in [0.2, 0.25) is 0 Å². The van der Waals surface area contributed by atoms with Crippen LogP contribution in [-0.4, -0.2) is 41.1 Å². The molecule has 1 aliphatic heterocycles. The maximum absolute atomic E-state index is 12.9. The summed E-state index contributed by atoms with van der Waals surface area (Å²) in [5, 5.41) is 8.54. The Morgan fingerprint density at radius 2 is 2.14 bits per heavy atom. The molecule has 0 aliphatic carbocycles.